The Morgan fingerprint density at radius 1 is 1.32 bits per heavy atom. The fourth-order valence-electron chi connectivity index (χ4n) is 2.64. The number of hydrogen-bond donors (Lipinski definition) is 5. The highest BCUT2D eigenvalue weighted by Crippen LogP contribution is 2.43. The van der Waals surface area contributed by atoms with E-state index in [-0.39, 0.29) is 17.9 Å². The molecule has 0 spiro atoms. The molecular weight excluding hydrogens is 292 g/mol. The minimum atomic E-state index is -2.20. The zero-order valence-corrected chi connectivity index (χ0v) is 11.6. The zero-order chi connectivity index (χ0) is 16.0. The predicted molar refractivity (Wildman–Crippen MR) is 73.7 cm³/mol. The maximum Gasteiger partial charge on any atom is 0.427 e. The molecule has 3 amide bonds. The summed E-state index contributed by atoms with van der Waals surface area (Å²) in [6.07, 6.45) is -0.816. The van der Waals surface area contributed by atoms with Crippen LogP contribution < -0.4 is 16.1 Å². The molecule has 0 unspecified atom stereocenters. The Morgan fingerprint density at radius 3 is 2.73 bits per heavy atom. The molecule has 22 heavy (non-hydrogen) atoms. The van der Waals surface area contributed by atoms with E-state index in [1.807, 2.05) is 0 Å². The van der Waals surface area contributed by atoms with Gasteiger partial charge in [0.05, 0.1) is 6.61 Å². The van der Waals surface area contributed by atoms with Crippen molar-refractivity contribution in [2.75, 3.05) is 6.61 Å². The van der Waals surface area contributed by atoms with Crippen molar-refractivity contribution >= 4 is 17.8 Å². The lowest BCUT2D eigenvalue weighted by atomic mass is 10.0. The largest absolute Gasteiger partial charge is 0.449 e. The van der Waals surface area contributed by atoms with Crippen LogP contribution in [0.15, 0.2) is 29.4 Å². The number of ether oxygens (including phenoxy) is 1. The maximum atomic E-state index is 11.6. The minimum absolute atomic E-state index is 0.1000. The van der Waals surface area contributed by atoms with Crippen LogP contribution in [-0.2, 0) is 10.5 Å². The second-order valence-electron chi connectivity index (χ2n) is 4.84. The molecule has 116 valence electrons. The van der Waals surface area contributed by atoms with Crippen molar-refractivity contribution in [1.82, 2.24) is 16.1 Å². The summed E-state index contributed by atoms with van der Waals surface area (Å²) < 4.78 is 4.68. The van der Waals surface area contributed by atoms with Crippen LogP contribution in [0.2, 0.25) is 0 Å². The molecule has 1 aromatic carbocycles. The maximum absolute atomic E-state index is 11.6. The Kier molecular flexibility index (Phi) is 3.04. The van der Waals surface area contributed by atoms with Gasteiger partial charge in [-0.05, 0) is 6.92 Å². The highest BCUT2D eigenvalue weighted by Gasteiger charge is 2.67. The van der Waals surface area contributed by atoms with Gasteiger partial charge in [-0.1, -0.05) is 24.3 Å². The molecule has 1 aliphatic carbocycles. The fraction of sp³-hybridized carbons (Fsp3) is 0.308. The lowest BCUT2D eigenvalue weighted by Gasteiger charge is -2.29. The summed E-state index contributed by atoms with van der Waals surface area (Å²) in [4.78, 5) is 22.9. The molecule has 9 heteroatoms. The van der Waals surface area contributed by atoms with Gasteiger partial charge in [0, 0.05) is 11.1 Å². The van der Waals surface area contributed by atoms with Crippen LogP contribution in [0.3, 0.4) is 0 Å². The summed E-state index contributed by atoms with van der Waals surface area (Å²) in [5.41, 5.74) is -1.61. The van der Waals surface area contributed by atoms with E-state index >= 15 is 0 Å². The number of urea groups is 1. The number of nitrogens with zero attached hydrogens (tertiary/aromatic N) is 1. The number of hydrogen-bond acceptors (Lipinski definition) is 6. The Morgan fingerprint density at radius 2 is 2.00 bits per heavy atom. The Bertz CT molecular complexity index is 691. The molecule has 0 aromatic heterocycles. The van der Waals surface area contributed by atoms with Crippen LogP contribution in [-0.4, -0.2) is 40.4 Å². The second-order valence-corrected chi connectivity index (χ2v) is 4.84. The first-order valence-electron chi connectivity index (χ1n) is 6.58. The monoisotopic (exact) mass is 306 g/mol. The van der Waals surface area contributed by atoms with Crippen molar-refractivity contribution < 1.29 is 24.5 Å². The normalized spacial score (nSPS) is 30.3. The highest BCUT2D eigenvalue weighted by molar-refractivity contribution is 6.14. The molecule has 3 rings (SSSR count). The SMILES string of the molecule is CCOC(=O)N/N=C1\c2ccccc2[C@@]2(O)NC(=O)N[C@]12O. The van der Waals surface area contributed by atoms with E-state index in [9.17, 15) is 19.8 Å². The van der Waals surface area contributed by atoms with Crippen molar-refractivity contribution in [3.63, 3.8) is 0 Å². The van der Waals surface area contributed by atoms with Crippen molar-refractivity contribution in [2.24, 2.45) is 5.10 Å². The molecule has 1 aromatic rings. The van der Waals surface area contributed by atoms with Crippen molar-refractivity contribution in [1.29, 1.82) is 0 Å². The molecule has 9 nitrogen and oxygen atoms in total. The van der Waals surface area contributed by atoms with Gasteiger partial charge in [0.25, 0.3) is 0 Å². The van der Waals surface area contributed by atoms with Crippen LogP contribution >= 0.6 is 0 Å². The van der Waals surface area contributed by atoms with Gasteiger partial charge in [-0.25, -0.2) is 15.0 Å². The molecule has 1 fully saturated rings. The number of nitrogens with one attached hydrogen (secondary N) is 3. The number of carbonyl (C=O) groups excluding carboxylic acids is 2. The summed E-state index contributed by atoms with van der Waals surface area (Å²) in [6.45, 7) is 1.78. The minimum Gasteiger partial charge on any atom is -0.449 e. The lowest BCUT2D eigenvalue weighted by Crippen LogP contribution is -2.58. The number of hydrazone groups is 1. The fourth-order valence-corrected chi connectivity index (χ4v) is 2.64. The van der Waals surface area contributed by atoms with Gasteiger partial charge >= 0.3 is 12.1 Å². The van der Waals surface area contributed by atoms with E-state index < -0.39 is 23.6 Å². The molecule has 2 atom stereocenters. The van der Waals surface area contributed by atoms with Crippen molar-refractivity contribution in [3.8, 4) is 0 Å². The molecule has 1 heterocycles. The van der Waals surface area contributed by atoms with Gasteiger partial charge in [-0.15, -0.1) is 0 Å². The zero-order valence-electron chi connectivity index (χ0n) is 11.6. The second kappa shape index (κ2) is 4.68. The molecule has 1 aliphatic heterocycles. The third-order valence-electron chi connectivity index (χ3n) is 3.56. The van der Waals surface area contributed by atoms with Gasteiger partial charge in [-0.3, -0.25) is 0 Å². The summed E-state index contributed by atoms with van der Waals surface area (Å²) in [5, 5.41) is 29.7. The van der Waals surface area contributed by atoms with Crippen molar-refractivity contribution in [2.45, 2.75) is 18.4 Å². The number of rotatable bonds is 2. The smallest absolute Gasteiger partial charge is 0.427 e. The van der Waals surface area contributed by atoms with E-state index in [0.29, 0.717) is 5.56 Å². The van der Waals surface area contributed by atoms with E-state index in [1.165, 1.54) is 0 Å². The number of fused-ring (bicyclic) bond motifs is 3. The van der Waals surface area contributed by atoms with E-state index in [2.05, 4.69) is 25.9 Å². The summed E-state index contributed by atoms with van der Waals surface area (Å²) >= 11 is 0. The molecule has 2 aliphatic rings. The van der Waals surface area contributed by atoms with Gasteiger partial charge in [0.1, 0.15) is 5.71 Å². The first-order valence-corrected chi connectivity index (χ1v) is 6.58. The van der Waals surface area contributed by atoms with E-state index in [4.69, 9.17) is 0 Å². The van der Waals surface area contributed by atoms with E-state index in [1.54, 1.807) is 31.2 Å². The summed E-state index contributed by atoms with van der Waals surface area (Å²) in [7, 11) is 0. The third-order valence-corrected chi connectivity index (χ3v) is 3.56. The highest BCUT2D eigenvalue weighted by atomic mass is 16.5. The topological polar surface area (TPSA) is 132 Å². The van der Waals surface area contributed by atoms with Gasteiger partial charge < -0.3 is 25.6 Å². The molecule has 1 saturated heterocycles. The first kappa shape index (κ1) is 14.3. The average Bonchev–Trinajstić information content (AvgIpc) is 2.79. The van der Waals surface area contributed by atoms with Gasteiger partial charge in [0.2, 0.25) is 11.4 Å². The third kappa shape index (κ3) is 1.76. The Labute approximate surface area is 125 Å². The molecule has 0 bridgehead atoms. The Balaban J connectivity index is 2.07. The van der Waals surface area contributed by atoms with Crippen molar-refractivity contribution in [3.05, 3.63) is 35.4 Å². The van der Waals surface area contributed by atoms with Crippen LogP contribution in [0.1, 0.15) is 18.1 Å². The molecule has 0 radical (unpaired) electrons. The number of amides is 3. The molecular formula is C13H14N4O5. The lowest BCUT2D eigenvalue weighted by molar-refractivity contribution is -0.110. The number of benzene rings is 1. The Hall–Kier alpha value is -2.65. The predicted octanol–water partition coefficient (Wildman–Crippen LogP) is -0.703. The van der Waals surface area contributed by atoms with E-state index in [0.717, 1.165) is 0 Å². The standard InChI is InChI=1S/C13H14N4O5/c1-2-22-11(19)17-16-9-7-5-3-4-6-8(7)12(20)13(9,21)15-10(18)14-12/h3-6,20-21H,2H2,1H3,(H,17,19)(H2,14,15,18)/b16-9+/t12-,13-/m0/s1. The summed E-state index contributed by atoms with van der Waals surface area (Å²) in [6, 6.07) is 5.70. The quantitative estimate of drug-likeness (QED) is 0.461. The van der Waals surface area contributed by atoms with Gasteiger partial charge in [-0.2, -0.15) is 5.10 Å². The van der Waals surface area contributed by atoms with Crippen LogP contribution in [0, 0.1) is 0 Å². The van der Waals surface area contributed by atoms with Gasteiger partial charge in [0.15, 0.2) is 0 Å². The summed E-state index contributed by atoms with van der Waals surface area (Å²) in [5.74, 6) is 0. The number of carbonyl (C=O) groups is 2. The molecule has 5 N–H and O–H groups in total. The first-order chi connectivity index (χ1) is 10.4. The van der Waals surface area contributed by atoms with Crippen LogP contribution in [0.25, 0.3) is 0 Å². The number of aliphatic hydroxyl groups is 2. The molecule has 0 saturated carbocycles. The van der Waals surface area contributed by atoms with Crippen LogP contribution in [0.5, 0.6) is 0 Å². The van der Waals surface area contributed by atoms with Crippen LogP contribution in [0.4, 0.5) is 9.59 Å². The average molecular weight is 306 g/mol.